The first-order valence-corrected chi connectivity index (χ1v) is 11.1. The highest BCUT2D eigenvalue weighted by Crippen LogP contribution is 1.97. The van der Waals surface area contributed by atoms with Crippen molar-refractivity contribution in [3.8, 4) is 0 Å². The van der Waals surface area contributed by atoms with E-state index in [1.54, 1.807) is 0 Å². The van der Waals surface area contributed by atoms with E-state index in [2.05, 4.69) is 26.6 Å². The van der Waals surface area contributed by atoms with E-state index in [-0.39, 0.29) is 7.43 Å². The van der Waals surface area contributed by atoms with Crippen molar-refractivity contribution in [2.75, 3.05) is 64.9 Å². The lowest BCUT2D eigenvalue weighted by atomic mass is 10.4. The molecule has 0 aliphatic carbocycles. The van der Waals surface area contributed by atoms with E-state index in [1.165, 1.54) is 10.6 Å². The van der Waals surface area contributed by atoms with Crippen LogP contribution in [0, 0.1) is 0 Å². The Morgan fingerprint density at radius 1 is 0.773 bits per heavy atom. The first-order valence-electron chi connectivity index (χ1n) is 6.57. The van der Waals surface area contributed by atoms with Gasteiger partial charge in [0, 0.05) is 63.0 Å². The molecule has 136 valence electrons. The molecule has 0 saturated carbocycles. The van der Waals surface area contributed by atoms with E-state index >= 15 is 0 Å². The molecule has 8 nitrogen and oxygen atoms in total. The minimum absolute atomic E-state index is 0. The highest BCUT2D eigenvalue weighted by molar-refractivity contribution is 8.13. The van der Waals surface area contributed by atoms with Gasteiger partial charge in [-0.1, -0.05) is 7.43 Å². The van der Waals surface area contributed by atoms with Gasteiger partial charge in [0.05, 0.1) is 12.5 Å². The van der Waals surface area contributed by atoms with E-state index in [4.69, 9.17) is 0 Å². The number of halogens is 1. The van der Waals surface area contributed by atoms with Crippen LogP contribution >= 0.6 is 10.7 Å². The molecule has 0 atom stereocenters. The van der Waals surface area contributed by atoms with Crippen molar-refractivity contribution in [1.29, 1.82) is 0 Å². The number of rotatable bonds is 1. The van der Waals surface area contributed by atoms with Gasteiger partial charge in [-0.2, -0.15) is 4.31 Å². The lowest BCUT2D eigenvalue weighted by Crippen LogP contribution is -2.45. The Hall–Kier alpha value is 0.0300. The maximum absolute atomic E-state index is 10.9. The summed E-state index contributed by atoms with van der Waals surface area (Å²) >= 11 is 0. The molecular weight excluding hydrogens is 352 g/mol. The van der Waals surface area contributed by atoms with Crippen LogP contribution in [0.15, 0.2) is 0 Å². The maximum atomic E-state index is 10.9. The average Bonchev–Trinajstić information content (AvgIpc) is 2.40. The number of piperazine rings is 2. The Labute approximate surface area is 139 Å². The van der Waals surface area contributed by atoms with Gasteiger partial charge in [0.2, 0.25) is 19.1 Å². The first kappa shape index (κ1) is 24.3. The average molecular weight is 381 g/mol. The monoisotopic (exact) mass is 380 g/mol. The van der Waals surface area contributed by atoms with Crippen molar-refractivity contribution in [3.63, 3.8) is 0 Å². The fourth-order valence-corrected chi connectivity index (χ4v) is 2.43. The Kier molecular flexibility index (Phi) is 13.7. The predicted molar refractivity (Wildman–Crippen MR) is 92.5 cm³/mol. The first-order chi connectivity index (χ1) is 9.61. The molecule has 2 rings (SSSR count). The topological polar surface area (TPSA) is 108 Å². The number of nitrogens with one attached hydrogen (secondary N) is 3. The van der Waals surface area contributed by atoms with Crippen LogP contribution in [-0.4, -0.2) is 86.0 Å². The van der Waals surface area contributed by atoms with Crippen LogP contribution in [0.2, 0.25) is 0 Å². The Bertz CT molecular complexity index is 441. The van der Waals surface area contributed by atoms with Gasteiger partial charge < -0.3 is 16.0 Å². The third-order valence-electron chi connectivity index (χ3n) is 2.50. The van der Waals surface area contributed by atoms with E-state index in [0.717, 1.165) is 45.5 Å². The van der Waals surface area contributed by atoms with Crippen molar-refractivity contribution >= 4 is 29.8 Å². The molecule has 0 unspecified atom stereocenters. The molecule has 2 fully saturated rings. The molecule has 0 spiro atoms. The molecule has 0 aromatic carbocycles. The summed E-state index contributed by atoms with van der Waals surface area (Å²) < 4.78 is 42.1. The third kappa shape index (κ3) is 18.1. The number of hydrogen-bond donors (Lipinski definition) is 3. The predicted octanol–water partition coefficient (Wildman–Crippen LogP) is -1.15. The van der Waals surface area contributed by atoms with Crippen LogP contribution in [0.1, 0.15) is 7.43 Å². The van der Waals surface area contributed by atoms with Gasteiger partial charge in [-0.25, -0.2) is 16.8 Å². The summed E-state index contributed by atoms with van der Waals surface area (Å²) in [7, 11) is -1.62. The van der Waals surface area contributed by atoms with Gasteiger partial charge in [-0.05, 0) is 0 Å². The lowest BCUT2D eigenvalue weighted by Gasteiger charge is -2.24. The van der Waals surface area contributed by atoms with Crippen LogP contribution in [0.4, 0.5) is 0 Å². The highest BCUT2D eigenvalue weighted by atomic mass is 35.7. The van der Waals surface area contributed by atoms with Gasteiger partial charge in [0.1, 0.15) is 0 Å². The summed E-state index contributed by atoms with van der Waals surface area (Å²) in [6.07, 6.45) is 2.17. The molecular formula is C11H29ClN4O4S2. The molecule has 22 heavy (non-hydrogen) atoms. The van der Waals surface area contributed by atoms with E-state index in [1.807, 2.05) is 0 Å². The van der Waals surface area contributed by atoms with Crippen molar-refractivity contribution in [1.82, 2.24) is 20.3 Å². The second-order valence-electron chi connectivity index (χ2n) is 4.59. The number of nitrogens with zero attached hydrogens (tertiary/aromatic N) is 1. The minimum Gasteiger partial charge on any atom is -0.314 e. The SMILES string of the molecule is C.C1CNCCN1.CS(=O)(=O)Cl.CS(=O)(=O)N1CCNCC1. The molecule has 11 heteroatoms. The van der Waals surface area contributed by atoms with Crippen LogP contribution in [0.3, 0.4) is 0 Å². The van der Waals surface area contributed by atoms with Crippen molar-refractivity contribution in [3.05, 3.63) is 0 Å². The zero-order valence-corrected chi connectivity index (χ0v) is 14.8. The molecule has 0 aromatic heterocycles. The smallest absolute Gasteiger partial charge is 0.229 e. The third-order valence-corrected chi connectivity index (χ3v) is 3.81. The standard InChI is InChI=1S/C5H12N2O2S.C4H10N2.CH3ClO2S.CH4/c1-10(8,9)7-4-2-6-3-5-7;1-2-6-4-3-5-1;1-5(2,3)4;/h6H,2-5H2,1H3;5-6H,1-4H2;1H3;1H4. The van der Waals surface area contributed by atoms with Crippen LogP contribution in [-0.2, 0) is 19.1 Å². The summed E-state index contributed by atoms with van der Waals surface area (Å²) in [5.74, 6) is 0. The largest absolute Gasteiger partial charge is 0.314 e. The van der Waals surface area contributed by atoms with Gasteiger partial charge in [0.25, 0.3) is 0 Å². The molecule has 2 saturated heterocycles. The number of hydrogen-bond acceptors (Lipinski definition) is 7. The van der Waals surface area contributed by atoms with Gasteiger partial charge in [-0.3, -0.25) is 0 Å². The normalized spacial score (nSPS) is 19.6. The number of sulfonamides is 1. The molecule has 2 heterocycles. The van der Waals surface area contributed by atoms with Gasteiger partial charge in [0.15, 0.2) is 0 Å². The summed E-state index contributed by atoms with van der Waals surface area (Å²) in [5, 5.41) is 9.53. The van der Waals surface area contributed by atoms with Crippen molar-refractivity contribution in [2.45, 2.75) is 7.43 Å². The summed E-state index contributed by atoms with van der Waals surface area (Å²) in [4.78, 5) is 0. The van der Waals surface area contributed by atoms with E-state index in [0.29, 0.717) is 13.1 Å². The van der Waals surface area contributed by atoms with Crippen molar-refractivity contribution < 1.29 is 16.8 Å². The van der Waals surface area contributed by atoms with Crippen molar-refractivity contribution in [2.24, 2.45) is 0 Å². The molecule has 3 N–H and O–H groups in total. The molecule has 0 amide bonds. The summed E-state index contributed by atoms with van der Waals surface area (Å²) in [5.41, 5.74) is 0. The van der Waals surface area contributed by atoms with Gasteiger partial charge >= 0.3 is 0 Å². The fraction of sp³-hybridized carbons (Fsp3) is 1.00. The molecule has 0 bridgehead atoms. The van der Waals surface area contributed by atoms with E-state index in [9.17, 15) is 16.8 Å². The zero-order valence-electron chi connectivity index (χ0n) is 12.4. The van der Waals surface area contributed by atoms with E-state index < -0.39 is 19.1 Å². The highest BCUT2D eigenvalue weighted by Gasteiger charge is 2.17. The van der Waals surface area contributed by atoms with Crippen LogP contribution < -0.4 is 16.0 Å². The fourth-order valence-electron chi connectivity index (χ4n) is 1.58. The Morgan fingerprint density at radius 2 is 1.05 bits per heavy atom. The lowest BCUT2D eigenvalue weighted by molar-refractivity contribution is 0.363. The molecule has 2 aliphatic rings. The molecule has 2 aliphatic heterocycles. The molecule has 0 aromatic rings. The zero-order chi connectivity index (χ0) is 16.4. The molecule has 0 radical (unpaired) electrons. The quantitative estimate of drug-likeness (QED) is 0.493. The minimum atomic E-state index is -3.19. The Morgan fingerprint density at radius 3 is 1.23 bits per heavy atom. The Balaban J connectivity index is 0. The summed E-state index contributed by atoms with van der Waals surface area (Å²) in [6.45, 7) is 7.32. The second kappa shape index (κ2) is 12.5. The summed E-state index contributed by atoms with van der Waals surface area (Å²) in [6, 6.07) is 0. The maximum Gasteiger partial charge on any atom is 0.229 e. The van der Waals surface area contributed by atoms with Crippen LogP contribution in [0.25, 0.3) is 0 Å². The van der Waals surface area contributed by atoms with Gasteiger partial charge in [-0.15, -0.1) is 0 Å². The second-order valence-corrected chi connectivity index (χ2v) is 9.62. The van der Waals surface area contributed by atoms with Crippen LogP contribution in [0.5, 0.6) is 0 Å².